The van der Waals surface area contributed by atoms with E-state index in [0.717, 1.165) is 18.9 Å². The van der Waals surface area contributed by atoms with Gasteiger partial charge in [0.1, 0.15) is 5.82 Å². The molecule has 1 aliphatic rings. The summed E-state index contributed by atoms with van der Waals surface area (Å²) in [7, 11) is -0.729. The van der Waals surface area contributed by atoms with Gasteiger partial charge in [-0.2, -0.15) is 0 Å². The van der Waals surface area contributed by atoms with Gasteiger partial charge in [-0.15, -0.1) is 0 Å². The van der Waals surface area contributed by atoms with Crippen molar-refractivity contribution in [3.05, 3.63) is 29.1 Å². The van der Waals surface area contributed by atoms with Crippen LogP contribution in [0.2, 0.25) is 0 Å². The maximum absolute atomic E-state index is 13.7. The molecule has 1 aromatic carbocycles. The third-order valence-electron chi connectivity index (χ3n) is 3.38. The van der Waals surface area contributed by atoms with Crippen molar-refractivity contribution in [2.45, 2.75) is 25.8 Å². The number of amides is 1. The maximum atomic E-state index is 13.7. The first-order valence-corrected chi connectivity index (χ1v) is 7.67. The molecule has 2 rings (SSSR count). The minimum Gasteiger partial charge on any atom is -0.382 e. The van der Waals surface area contributed by atoms with E-state index >= 15 is 0 Å². The Hall–Kier alpha value is -1.43. The van der Waals surface area contributed by atoms with Gasteiger partial charge in [-0.3, -0.25) is 9.00 Å². The van der Waals surface area contributed by atoms with Gasteiger partial charge >= 0.3 is 0 Å². The van der Waals surface area contributed by atoms with E-state index in [0.29, 0.717) is 22.8 Å². The lowest BCUT2D eigenvalue weighted by Gasteiger charge is -2.24. The van der Waals surface area contributed by atoms with Crippen molar-refractivity contribution >= 4 is 22.4 Å². The summed E-state index contributed by atoms with van der Waals surface area (Å²) in [4.78, 5) is 11.1. The molecule has 0 bridgehead atoms. The Balaban J connectivity index is 2.19. The van der Waals surface area contributed by atoms with Crippen LogP contribution in [-0.4, -0.2) is 27.7 Å². The lowest BCUT2D eigenvalue weighted by atomic mass is 10.1. The fourth-order valence-corrected chi connectivity index (χ4v) is 3.43. The predicted molar refractivity (Wildman–Crippen MR) is 74.2 cm³/mol. The van der Waals surface area contributed by atoms with Crippen LogP contribution in [0.3, 0.4) is 0 Å². The fourth-order valence-electron chi connectivity index (χ4n) is 2.13. The zero-order valence-electron chi connectivity index (χ0n) is 10.7. The number of halogens is 1. The molecule has 0 aliphatic carbocycles. The highest BCUT2D eigenvalue weighted by Gasteiger charge is 2.19. The maximum Gasteiger partial charge on any atom is 0.248 e. The van der Waals surface area contributed by atoms with E-state index in [4.69, 9.17) is 5.73 Å². The normalized spacial score (nSPS) is 23.1. The molecule has 1 aromatic rings. The molecular formula is C13H17FN2O2S. The van der Waals surface area contributed by atoms with Gasteiger partial charge in [-0.1, -0.05) is 0 Å². The van der Waals surface area contributed by atoms with Crippen LogP contribution in [0.5, 0.6) is 0 Å². The first kappa shape index (κ1) is 14.0. The molecule has 19 heavy (non-hydrogen) atoms. The summed E-state index contributed by atoms with van der Waals surface area (Å²) in [6.45, 7) is 1.66. The number of carbonyl (C=O) groups excluding carboxylic acids is 1. The third-order valence-corrected chi connectivity index (χ3v) is 4.76. The van der Waals surface area contributed by atoms with Gasteiger partial charge in [-0.25, -0.2) is 4.39 Å². The Kier molecular flexibility index (Phi) is 4.19. The van der Waals surface area contributed by atoms with E-state index in [1.54, 1.807) is 13.0 Å². The van der Waals surface area contributed by atoms with Crippen LogP contribution in [0.15, 0.2) is 12.1 Å². The van der Waals surface area contributed by atoms with Gasteiger partial charge in [-0.05, 0) is 31.9 Å². The molecular weight excluding hydrogens is 267 g/mol. The third kappa shape index (κ3) is 3.32. The monoisotopic (exact) mass is 284 g/mol. The topological polar surface area (TPSA) is 72.2 Å². The summed E-state index contributed by atoms with van der Waals surface area (Å²) in [5.74, 6) is 0.230. The highest BCUT2D eigenvalue weighted by atomic mass is 32.2. The Morgan fingerprint density at radius 2 is 2.05 bits per heavy atom. The van der Waals surface area contributed by atoms with Crippen LogP contribution >= 0.6 is 0 Å². The van der Waals surface area contributed by atoms with Crippen molar-refractivity contribution in [1.82, 2.24) is 0 Å². The molecule has 0 radical (unpaired) electrons. The predicted octanol–water partition coefficient (Wildman–Crippen LogP) is 1.56. The number of hydrogen-bond donors (Lipinski definition) is 2. The first-order chi connectivity index (χ1) is 8.97. The van der Waals surface area contributed by atoms with E-state index in [1.807, 2.05) is 0 Å². The van der Waals surface area contributed by atoms with E-state index < -0.39 is 22.5 Å². The number of rotatable bonds is 3. The van der Waals surface area contributed by atoms with Crippen molar-refractivity contribution in [2.24, 2.45) is 5.73 Å². The summed E-state index contributed by atoms with van der Waals surface area (Å²) < 4.78 is 25.0. The quantitative estimate of drug-likeness (QED) is 0.884. The molecule has 3 N–H and O–H groups in total. The lowest BCUT2D eigenvalue weighted by molar-refractivity contribution is 0.1000. The van der Waals surface area contributed by atoms with Crippen LogP contribution in [0.25, 0.3) is 0 Å². The molecule has 0 aromatic heterocycles. The van der Waals surface area contributed by atoms with Crippen molar-refractivity contribution < 1.29 is 13.4 Å². The van der Waals surface area contributed by atoms with E-state index in [2.05, 4.69) is 5.32 Å². The molecule has 0 spiro atoms. The molecule has 1 saturated heterocycles. The minimum atomic E-state index is -0.729. The first-order valence-electron chi connectivity index (χ1n) is 6.19. The Morgan fingerprint density at radius 1 is 1.42 bits per heavy atom. The molecule has 0 saturated carbocycles. The fraction of sp³-hybridized carbons (Fsp3) is 0.462. The second-order valence-corrected chi connectivity index (χ2v) is 6.46. The molecule has 1 amide bonds. The molecule has 1 heterocycles. The Bertz CT molecular complexity index is 524. The number of carbonyl (C=O) groups is 1. The molecule has 6 heteroatoms. The highest BCUT2D eigenvalue weighted by Crippen LogP contribution is 2.23. The molecule has 1 aliphatic heterocycles. The second kappa shape index (κ2) is 5.69. The SMILES string of the molecule is Cc1c(F)cc(C(N)=O)cc1NC1CCS(=O)CC1. The molecule has 0 unspecified atom stereocenters. The summed E-state index contributed by atoms with van der Waals surface area (Å²) in [5, 5.41) is 3.22. The van der Waals surface area contributed by atoms with Gasteiger partial charge in [0.05, 0.1) is 0 Å². The van der Waals surface area contributed by atoms with Crippen LogP contribution < -0.4 is 11.1 Å². The number of hydrogen-bond acceptors (Lipinski definition) is 3. The van der Waals surface area contributed by atoms with Gasteiger partial charge in [0.15, 0.2) is 0 Å². The largest absolute Gasteiger partial charge is 0.382 e. The molecule has 104 valence electrons. The number of benzene rings is 1. The number of nitrogens with two attached hydrogens (primary N) is 1. The lowest BCUT2D eigenvalue weighted by Crippen LogP contribution is -2.29. The van der Waals surface area contributed by atoms with Crippen molar-refractivity contribution in [3.63, 3.8) is 0 Å². The second-order valence-electron chi connectivity index (χ2n) is 4.76. The zero-order chi connectivity index (χ0) is 14.0. The number of nitrogens with one attached hydrogen (secondary N) is 1. The van der Waals surface area contributed by atoms with Gasteiger partial charge in [0, 0.05) is 45.2 Å². The van der Waals surface area contributed by atoms with Gasteiger partial charge in [0.2, 0.25) is 5.91 Å². The van der Waals surface area contributed by atoms with E-state index in [9.17, 15) is 13.4 Å². The number of anilines is 1. The van der Waals surface area contributed by atoms with Gasteiger partial charge < -0.3 is 11.1 Å². The van der Waals surface area contributed by atoms with Crippen LogP contribution in [0, 0.1) is 12.7 Å². The summed E-state index contributed by atoms with van der Waals surface area (Å²) in [5.41, 5.74) is 6.40. The van der Waals surface area contributed by atoms with E-state index in [-0.39, 0.29) is 11.6 Å². The van der Waals surface area contributed by atoms with E-state index in [1.165, 1.54) is 0 Å². The zero-order valence-corrected chi connectivity index (χ0v) is 11.6. The van der Waals surface area contributed by atoms with Crippen molar-refractivity contribution in [2.75, 3.05) is 16.8 Å². The Morgan fingerprint density at radius 3 is 2.63 bits per heavy atom. The standard InChI is InChI=1S/C13H17FN2O2S/c1-8-11(14)6-9(13(15)17)7-12(8)16-10-2-4-19(18)5-3-10/h6-7,10,16H,2-5H2,1H3,(H2,15,17). The highest BCUT2D eigenvalue weighted by molar-refractivity contribution is 7.85. The molecule has 0 atom stereocenters. The minimum absolute atomic E-state index is 0.157. The smallest absolute Gasteiger partial charge is 0.248 e. The summed E-state index contributed by atoms with van der Waals surface area (Å²) >= 11 is 0. The average Bonchev–Trinajstić information content (AvgIpc) is 2.37. The number of primary amides is 1. The van der Waals surface area contributed by atoms with Gasteiger partial charge in [0.25, 0.3) is 0 Å². The van der Waals surface area contributed by atoms with Crippen molar-refractivity contribution in [3.8, 4) is 0 Å². The molecule has 1 fully saturated rings. The van der Waals surface area contributed by atoms with Crippen LogP contribution in [0.4, 0.5) is 10.1 Å². The molecule has 4 nitrogen and oxygen atoms in total. The Labute approximate surface area is 114 Å². The van der Waals surface area contributed by atoms with Crippen molar-refractivity contribution in [1.29, 1.82) is 0 Å². The summed E-state index contributed by atoms with van der Waals surface area (Å²) in [6.07, 6.45) is 1.57. The summed E-state index contributed by atoms with van der Waals surface area (Å²) in [6, 6.07) is 2.89. The van der Waals surface area contributed by atoms with Crippen LogP contribution in [-0.2, 0) is 10.8 Å². The van der Waals surface area contributed by atoms with Crippen LogP contribution in [0.1, 0.15) is 28.8 Å². The average molecular weight is 284 g/mol.